The summed E-state index contributed by atoms with van der Waals surface area (Å²) in [5, 5.41) is 3.74. The molecule has 0 spiro atoms. The van der Waals surface area contributed by atoms with E-state index in [-0.39, 0.29) is 5.91 Å². The lowest BCUT2D eigenvalue weighted by Crippen LogP contribution is -2.07. The van der Waals surface area contributed by atoms with Crippen LogP contribution in [0.15, 0.2) is 60.8 Å². The SMILES string of the molecule is O=C(/C=C/c1ccc(C(F)(F)F)cc1)Nc1ccc2cc[nH]c2c1. The number of carbonyl (C=O) groups is 1. The van der Waals surface area contributed by atoms with Crippen LogP contribution in [-0.4, -0.2) is 10.9 Å². The summed E-state index contributed by atoms with van der Waals surface area (Å²) in [5.74, 6) is -0.360. The molecule has 2 aromatic carbocycles. The van der Waals surface area contributed by atoms with Crippen LogP contribution in [0.1, 0.15) is 11.1 Å². The van der Waals surface area contributed by atoms with Crippen LogP contribution in [0.2, 0.25) is 0 Å². The van der Waals surface area contributed by atoms with E-state index in [2.05, 4.69) is 10.3 Å². The van der Waals surface area contributed by atoms with Gasteiger partial charge in [0.1, 0.15) is 0 Å². The number of aromatic nitrogens is 1. The number of carbonyl (C=O) groups excluding carboxylic acids is 1. The Hall–Kier alpha value is -3.02. The average molecular weight is 330 g/mol. The minimum Gasteiger partial charge on any atom is -0.361 e. The minimum absolute atomic E-state index is 0.360. The number of hydrogen-bond donors (Lipinski definition) is 2. The Kier molecular flexibility index (Phi) is 4.12. The Labute approximate surface area is 135 Å². The molecule has 3 aromatic rings. The summed E-state index contributed by atoms with van der Waals surface area (Å²) < 4.78 is 37.4. The van der Waals surface area contributed by atoms with Gasteiger partial charge in [0.2, 0.25) is 5.91 Å². The quantitative estimate of drug-likeness (QED) is 0.663. The zero-order valence-corrected chi connectivity index (χ0v) is 12.4. The summed E-state index contributed by atoms with van der Waals surface area (Å²) >= 11 is 0. The van der Waals surface area contributed by atoms with Crippen molar-refractivity contribution in [3.8, 4) is 0 Å². The van der Waals surface area contributed by atoms with E-state index in [4.69, 9.17) is 0 Å². The molecule has 1 aromatic heterocycles. The second kappa shape index (κ2) is 6.23. The predicted molar refractivity (Wildman–Crippen MR) is 87.4 cm³/mol. The van der Waals surface area contributed by atoms with E-state index in [1.807, 2.05) is 12.1 Å². The third-order valence-electron chi connectivity index (χ3n) is 3.49. The van der Waals surface area contributed by atoms with Crippen molar-refractivity contribution in [3.05, 3.63) is 71.9 Å². The third-order valence-corrected chi connectivity index (χ3v) is 3.49. The molecular formula is C18H13F3N2O. The van der Waals surface area contributed by atoms with Crippen LogP contribution in [0.5, 0.6) is 0 Å². The first-order valence-corrected chi connectivity index (χ1v) is 7.15. The van der Waals surface area contributed by atoms with E-state index in [1.165, 1.54) is 24.3 Å². The number of aromatic amines is 1. The molecule has 2 N–H and O–H groups in total. The molecule has 0 bridgehead atoms. The number of benzene rings is 2. The molecule has 0 fully saturated rings. The lowest BCUT2D eigenvalue weighted by Gasteiger charge is -2.06. The van der Waals surface area contributed by atoms with Crippen LogP contribution in [0.25, 0.3) is 17.0 Å². The maximum Gasteiger partial charge on any atom is 0.416 e. The van der Waals surface area contributed by atoms with Gasteiger partial charge in [0.15, 0.2) is 0 Å². The van der Waals surface area contributed by atoms with E-state index >= 15 is 0 Å². The topological polar surface area (TPSA) is 44.9 Å². The molecule has 0 saturated carbocycles. The number of rotatable bonds is 3. The summed E-state index contributed by atoms with van der Waals surface area (Å²) in [7, 11) is 0. The lowest BCUT2D eigenvalue weighted by atomic mass is 10.1. The van der Waals surface area contributed by atoms with E-state index in [0.717, 1.165) is 23.0 Å². The predicted octanol–water partition coefficient (Wildman–Crippen LogP) is 4.84. The number of fused-ring (bicyclic) bond motifs is 1. The molecule has 0 aliphatic heterocycles. The highest BCUT2D eigenvalue weighted by molar-refractivity contribution is 6.02. The summed E-state index contributed by atoms with van der Waals surface area (Å²) in [6.07, 6.45) is 0.182. The van der Waals surface area contributed by atoms with Gasteiger partial charge in [0.05, 0.1) is 5.56 Å². The molecule has 3 rings (SSSR count). The van der Waals surface area contributed by atoms with E-state index in [1.54, 1.807) is 18.3 Å². The van der Waals surface area contributed by atoms with Gasteiger partial charge in [-0.15, -0.1) is 0 Å². The van der Waals surface area contributed by atoms with Gasteiger partial charge in [-0.25, -0.2) is 0 Å². The van der Waals surface area contributed by atoms with Gasteiger partial charge in [0.25, 0.3) is 0 Å². The van der Waals surface area contributed by atoms with E-state index in [0.29, 0.717) is 11.3 Å². The van der Waals surface area contributed by atoms with Crippen LogP contribution >= 0.6 is 0 Å². The van der Waals surface area contributed by atoms with E-state index in [9.17, 15) is 18.0 Å². The van der Waals surface area contributed by atoms with Crippen molar-refractivity contribution < 1.29 is 18.0 Å². The average Bonchev–Trinajstić information content (AvgIpc) is 3.00. The van der Waals surface area contributed by atoms with Gasteiger partial charge in [0, 0.05) is 23.5 Å². The summed E-state index contributed by atoms with van der Waals surface area (Å²) in [4.78, 5) is 14.9. The monoisotopic (exact) mass is 330 g/mol. The first-order chi connectivity index (χ1) is 11.4. The maximum absolute atomic E-state index is 12.5. The highest BCUT2D eigenvalue weighted by Gasteiger charge is 2.29. The van der Waals surface area contributed by atoms with Crippen molar-refractivity contribution >= 4 is 28.6 Å². The molecule has 0 saturated heterocycles. The van der Waals surface area contributed by atoms with Crippen LogP contribution in [0.4, 0.5) is 18.9 Å². The summed E-state index contributed by atoms with van der Waals surface area (Å²) in [6, 6.07) is 12.0. The second-order valence-corrected chi connectivity index (χ2v) is 5.22. The number of amides is 1. The van der Waals surface area contributed by atoms with Gasteiger partial charge < -0.3 is 10.3 Å². The number of anilines is 1. The Morgan fingerprint density at radius 1 is 1.04 bits per heavy atom. The molecule has 0 unspecified atom stereocenters. The highest BCUT2D eigenvalue weighted by atomic mass is 19.4. The first kappa shape index (κ1) is 15.9. The van der Waals surface area contributed by atoms with Crippen LogP contribution in [-0.2, 0) is 11.0 Å². The maximum atomic E-state index is 12.5. The molecule has 0 radical (unpaired) electrons. The van der Waals surface area contributed by atoms with Crippen LogP contribution in [0.3, 0.4) is 0 Å². The summed E-state index contributed by atoms with van der Waals surface area (Å²) in [5.41, 5.74) is 1.33. The van der Waals surface area contributed by atoms with Crippen molar-refractivity contribution in [2.24, 2.45) is 0 Å². The molecule has 0 aliphatic rings. The van der Waals surface area contributed by atoms with E-state index < -0.39 is 11.7 Å². The fourth-order valence-corrected chi connectivity index (χ4v) is 2.26. The Bertz CT molecular complexity index is 893. The standard InChI is InChI=1S/C18H13F3N2O/c19-18(20,21)14-5-1-12(2-6-14)3-8-17(24)23-15-7-4-13-9-10-22-16(13)11-15/h1-11,22H,(H,23,24)/b8-3+. The van der Waals surface area contributed by atoms with Gasteiger partial charge in [-0.05, 0) is 47.4 Å². The number of hydrogen-bond acceptors (Lipinski definition) is 1. The Morgan fingerprint density at radius 3 is 2.50 bits per heavy atom. The minimum atomic E-state index is -4.36. The molecule has 1 heterocycles. The van der Waals surface area contributed by atoms with Crippen molar-refractivity contribution in [3.63, 3.8) is 0 Å². The molecule has 3 nitrogen and oxygen atoms in total. The van der Waals surface area contributed by atoms with Gasteiger partial charge in [-0.3, -0.25) is 4.79 Å². The molecule has 0 atom stereocenters. The van der Waals surface area contributed by atoms with Crippen LogP contribution in [0, 0.1) is 0 Å². The smallest absolute Gasteiger partial charge is 0.361 e. The summed E-state index contributed by atoms with van der Waals surface area (Å²) in [6.45, 7) is 0. The highest BCUT2D eigenvalue weighted by Crippen LogP contribution is 2.29. The molecule has 122 valence electrons. The zero-order chi connectivity index (χ0) is 17.2. The third kappa shape index (κ3) is 3.65. The van der Waals surface area contributed by atoms with Crippen molar-refractivity contribution in [2.45, 2.75) is 6.18 Å². The Morgan fingerprint density at radius 2 is 1.79 bits per heavy atom. The fraction of sp³-hybridized carbons (Fsp3) is 0.0556. The number of alkyl halides is 3. The molecular weight excluding hydrogens is 317 g/mol. The van der Waals surface area contributed by atoms with Crippen molar-refractivity contribution in [1.82, 2.24) is 4.98 Å². The molecule has 0 aliphatic carbocycles. The first-order valence-electron chi connectivity index (χ1n) is 7.15. The fourth-order valence-electron chi connectivity index (χ4n) is 2.26. The second-order valence-electron chi connectivity index (χ2n) is 5.22. The van der Waals surface area contributed by atoms with Crippen molar-refractivity contribution in [2.75, 3.05) is 5.32 Å². The Balaban J connectivity index is 1.66. The van der Waals surface area contributed by atoms with Gasteiger partial charge in [-0.1, -0.05) is 18.2 Å². The lowest BCUT2D eigenvalue weighted by molar-refractivity contribution is -0.137. The largest absolute Gasteiger partial charge is 0.416 e. The van der Waals surface area contributed by atoms with Gasteiger partial charge in [-0.2, -0.15) is 13.2 Å². The zero-order valence-electron chi connectivity index (χ0n) is 12.4. The van der Waals surface area contributed by atoms with Crippen LogP contribution < -0.4 is 5.32 Å². The number of H-pyrrole nitrogens is 1. The molecule has 6 heteroatoms. The normalized spacial score (nSPS) is 12.0. The number of halogens is 3. The van der Waals surface area contributed by atoms with Crippen molar-refractivity contribution in [1.29, 1.82) is 0 Å². The molecule has 24 heavy (non-hydrogen) atoms. The number of nitrogens with one attached hydrogen (secondary N) is 2. The van der Waals surface area contributed by atoms with Gasteiger partial charge >= 0.3 is 6.18 Å². The molecule has 1 amide bonds.